The molecule has 2 aromatic rings. The van der Waals surface area contributed by atoms with Crippen LogP contribution in [0.2, 0.25) is 10.0 Å². The van der Waals surface area contributed by atoms with Crippen LogP contribution in [0, 0.1) is 12.8 Å². The molecule has 0 radical (unpaired) electrons. The fourth-order valence-electron chi connectivity index (χ4n) is 4.73. The highest BCUT2D eigenvalue weighted by atomic mass is 35.5. The van der Waals surface area contributed by atoms with Crippen LogP contribution in [0.4, 0.5) is 0 Å². The summed E-state index contributed by atoms with van der Waals surface area (Å²) in [6.45, 7) is 8.75. The highest BCUT2D eigenvalue weighted by Gasteiger charge is 2.26. The Balaban J connectivity index is 1.20. The van der Waals surface area contributed by atoms with E-state index in [9.17, 15) is 4.79 Å². The minimum Gasteiger partial charge on any atom is -0.441 e. The molecule has 0 spiro atoms. The normalized spacial score (nSPS) is 18.5. The number of carbonyl (C=O) groups is 1. The highest BCUT2D eigenvalue weighted by Crippen LogP contribution is 2.30. The maximum Gasteiger partial charge on any atom is 0.226 e. The molecule has 8 heteroatoms. The summed E-state index contributed by atoms with van der Waals surface area (Å²) in [5.41, 5.74) is 1.74. The SMILES string of the molecule is Cc1oc(-c2ccc(Cl)c(Cl)c2)nc1CN1CCC(C(=O)NCCCN2CCCCC2)CC1. The lowest BCUT2D eigenvalue weighted by atomic mass is 9.95. The van der Waals surface area contributed by atoms with Gasteiger partial charge in [0.25, 0.3) is 0 Å². The van der Waals surface area contributed by atoms with Crippen molar-refractivity contribution in [3.63, 3.8) is 0 Å². The molecule has 0 aliphatic carbocycles. The van der Waals surface area contributed by atoms with E-state index >= 15 is 0 Å². The van der Waals surface area contributed by atoms with Gasteiger partial charge in [0.1, 0.15) is 5.76 Å². The number of benzene rings is 1. The Morgan fingerprint density at radius 3 is 2.58 bits per heavy atom. The number of carbonyl (C=O) groups excluding carboxylic acids is 1. The van der Waals surface area contributed by atoms with E-state index < -0.39 is 0 Å². The first-order valence-electron chi connectivity index (χ1n) is 12.1. The third-order valence-electron chi connectivity index (χ3n) is 6.79. The van der Waals surface area contributed by atoms with Crippen molar-refractivity contribution in [3.8, 4) is 11.5 Å². The molecule has 0 saturated carbocycles. The van der Waals surface area contributed by atoms with Crippen molar-refractivity contribution in [2.24, 2.45) is 5.92 Å². The molecular formula is C25H34Cl2N4O2. The zero-order valence-corrected chi connectivity index (χ0v) is 20.9. The molecule has 0 bridgehead atoms. The van der Waals surface area contributed by atoms with Gasteiger partial charge in [0.2, 0.25) is 11.8 Å². The van der Waals surface area contributed by atoms with Crippen molar-refractivity contribution in [1.29, 1.82) is 0 Å². The van der Waals surface area contributed by atoms with E-state index in [-0.39, 0.29) is 11.8 Å². The van der Waals surface area contributed by atoms with E-state index in [1.165, 1.54) is 32.4 Å². The quantitative estimate of drug-likeness (QED) is 0.515. The zero-order valence-electron chi connectivity index (χ0n) is 19.4. The standard InChI is InChI=1S/C25H34Cl2N4O2/c1-18-23(29-25(33-18)20-6-7-21(26)22(27)16-20)17-31-14-8-19(9-15-31)24(32)28-10-5-13-30-11-3-2-4-12-30/h6-7,16,19H,2-5,8-15,17H2,1H3,(H,28,32). The number of halogens is 2. The van der Waals surface area contributed by atoms with Crippen molar-refractivity contribution in [1.82, 2.24) is 20.1 Å². The lowest BCUT2D eigenvalue weighted by Crippen LogP contribution is -2.41. The van der Waals surface area contributed by atoms with Crippen LogP contribution in [-0.4, -0.2) is 60.0 Å². The molecule has 2 aliphatic rings. The Morgan fingerprint density at radius 2 is 1.85 bits per heavy atom. The zero-order chi connectivity index (χ0) is 23.2. The van der Waals surface area contributed by atoms with E-state index in [1.54, 1.807) is 12.1 Å². The first kappa shape index (κ1) is 24.5. The summed E-state index contributed by atoms with van der Waals surface area (Å²) in [4.78, 5) is 22.2. The van der Waals surface area contributed by atoms with Crippen molar-refractivity contribution in [2.45, 2.75) is 52.0 Å². The van der Waals surface area contributed by atoms with Gasteiger partial charge in [-0.05, 0) is 90.0 Å². The van der Waals surface area contributed by atoms with Gasteiger partial charge in [-0.1, -0.05) is 29.6 Å². The van der Waals surface area contributed by atoms with Crippen molar-refractivity contribution < 1.29 is 9.21 Å². The Morgan fingerprint density at radius 1 is 1.09 bits per heavy atom. The fraction of sp³-hybridized carbons (Fsp3) is 0.600. The molecule has 1 aromatic carbocycles. The number of aryl methyl sites for hydroxylation is 1. The first-order chi connectivity index (χ1) is 16.0. The molecule has 3 heterocycles. The predicted molar refractivity (Wildman–Crippen MR) is 133 cm³/mol. The van der Waals surface area contributed by atoms with Gasteiger partial charge >= 0.3 is 0 Å². The molecule has 6 nitrogen and oxygen atoms in total. The number of aromatic nitrogens is 1. The molecule has 0 atom stereocenters. The second-order valence-electron chi connectivity index (χ2n) is 9.25. The van der Waals surface area contributed by atoms with Crippen LogP contribution >= 0.6 is 23.2 Å². The number of nitrogens with zero attached hydrogens (tertiary/aromatic N) is 3. The third kappa shape index (κ3) is 6.72. The van der Waals surface area contributed by atoms with Crippen molar-refractivity contribution >= 4 is 29.1 Å². The molecule has 180 valence electrons. The first-order valence-corrected chi connectivity index (χ1v) is 12.9. The number of likely N-dealkylation sites (tertiary alicyclic amines) is 2. The van der Waals surface area contributed by atoms with Gasteiger partial charge < -0.3 is 14.6 Å². The molecule has 0 unspecified atom stereocenters. The summed E-state index contributed by atoms with van der Waals surface area (Å²) in [5.74, 6) is 1.69. The van der Waals surface area contributed by atoms with Crippen LogP contribution in [0.5, 0.6) is 0 Å². The van der Waals surface area contributed by atoms with Gasteiger partial charge in [-0.2, -0.15) is 0 Å². The monoisotopic (exact) mass is 492 g/mol. The maximum atomic E-state index is 12.6. The lowest BCUT2D eigenvalue weighted by Gasteiger charge is -2.31. The maximum absolute atomic E-state index is 12.6. The largest absolute Gasteiger partial charge is 0.441 e. The molecular weight excluding hydrogens is 459 g/mol. The average molecular weight is 493 g/mol. The summed E-state index contributed by atoms with van der Waals surface area (Å²) in [6.07, 6.45) is 6.80. The van der Waals surface area contributed by atoms with Gasteiger partial charge in [-0.25, -0.2) is 4.98 Å². The smallest absolute Gasteiger partial charge is 0.226 e. The highest BCUT2D eigenvalue weighted by molar-refractivity contribution is 6.42. The molecule has 1 N–H and O–H groups in total. The minimum atomic E-state index is 0.112. The van der Waals surface area contributed by atoms with Gasteiger partial charge in [-0.3, -0.25) is 9.69 Å². The number of amides is 1. The molecule has 33 heavy (non-hydrogen) atoms. The van der Waals surface area contributed by atoms with Crippen LogP contribution in [-0.2, 0) is 11.3 Å². The van der Waals surface area contributed by atoms with Crippen LogP contribution in [0.25, 0.3) is 11.5 Å². The van der Waals surface area contributed by atoms with E-state index in [0.29, 0.717) is 15.9 Å². The Kier molecular flexibility index (Phi) is 8.69. The molecule has 1 aromatic heterocycles. The summed E-state index contributed by atoms with van der Waals surface area (Å²) in [5, 5.41) is 4.16. The molecule has 1 amide bonds. The average Bonchev–Trinajstić information content (AvgIpc) is 3.19. The number of piperidine rings is 2. The van der Waals surface area contributed by atoms with Crippen LogP contribution in [0.1, 0.15) is 50.0 Å². The molecule has 2 aliphatic heterocycles. The van der Waals surface area contributed by atoms with E-state index in [4.69, 9.17) is 32.6 Å². The number of rotatable bonds is 8. The topological polar surface area (TPSA) is 61.6 Å². The van der Waals surface area contributed by atoms with Gasteiger partial charge in [0, 0.05) is 24.6 Å². The van der Waals surface area contributed by atoms with Crippen LogP contribution in [0.3, 0.4) is 0 Å². The summed E-state index contributed by atoms with van der Waals surface area (Å²) >= 11 is 12.2. The fourth-order valence-corrected chi connectivity index (χ4v) is 5.03. The van der Waals surface area contributed by atoms with E-state index in [2.05, 4.69) is 15.1 Å². The van der Waals surface area contributed by atoms with Gasteiger partial charge in [0.05, 0.1) is 15.7 Å². The predicted octanol–water partition coefficient (Wildman–Crippen LogP) is 5.16. The summed E-state index contributed by atoms with van der Waals surface area (Å²) in [7, 11) is 0. The van der Waals surface area contributed by atoms with E-state index in [1.807, 2.05) is 13.0 Å². The number of hydrogen-bond acceptors (Lipinski definition) is 5. The Bertz CT molecular complexity index is 934. The summed E-state index contributed by atoms with van der Waals surface area (Å²) < 4.78 is 5.89. The summed E-state index contributed by atoms with van der Waals surface area (Å²) in [6, 6.07) is 5.39. The lowest BCUT2D eigenvalue weighted by molar-refractivity contribution is -0.126. The Hall–Kier alpha value is -1.60. The van der Waals surface area contributed by atoms with Crippen LogP contribution < -0.4 is 5.32 Å². The number of oxazole rings is 1. The molecule has 4 rings (SSSR count). The molecule has 2 fully saturated rings. The second-order valence-corrected chi connectivity index (χ2v) is 10.1. The number of hydrogen-bond donors (Lipinski definition) is 1. The van der Waals surface area contributed by atoms with Crippen molar-refractivity contribution in [2.75, 3.05) is 39.3 Å². The third-order valence-corrected chi connectivity index (χ3v) is 7.53. The van der Waals surface area contributed by atoms with Gasteiger partial charge in [0.15, 0.2) is 0 Å². The molecule has 2 saturated heterocycles. The minimum absolute atomic E-state index is 0.112. The van der Waals surface area contributed by atoms with Crippen molar-refractivity contribution in [3.05, 3.63) is 39.7 Å². The Labute approximate surface area is 206 Å². The second kappa shape index (κ2) is 11.7. The van der Waals surface area contributed by atoms with Crippen LogP contribution in [0.15, 0.2) is 22.6 Å². The number of nitrogens with one attached hydrogen (secondary N) is 1. The van der Waals surface area contributed by atoms with Gasteiger partial charge in [-0.15, -0.1) is 0 Å². The van der Waals surface area contributed by atoms with E-state index in [0.717, 1.165) is 69.0 Å².